The fourth-order valence-corrected chi connectivity index (χ4v) is 2.33. The van der Waals surface area contributed by atoms with Crippen molar-refractivity contribution in [3.63, 3.8) is 0 Å². The van der Waals surface area contributed by atoms with Crippen LogP contribution >= 0.6 is 0 Å². The Morgan fingerprint density at radius 3 is 2.94 bits per heavy atom. The molecule has 4 heteroatoms. The van der Waals surface area contributed by atoms with Crippen LogP contribution in [-0.2, 0) is 6.54 Å². The van der Waals surface area contributed by atoms with E-state index in [-0.39, 0.29) is 5.54 Å². The molecule has 0 aromatic carbocycles. The number of imidazole rings is 1. The first-order chi connectivity index (χ1) is 7.66. The Bertz CT molecular complexity index is 305. The van der Waals surface area contributed by atoms with E-state index in [1.165, 1.54) is 19.5 Å². The fourth-order valence-electron chi connectivity index (χ4n) is 2.33. The van der Waals surface area contributed by atoms with Gasteiger partial charge in [-0.25, -0.2) is 4.98 Å². The van der Waals surface area contributed by atoms with E-state index in [4.69, 9.17) is 0 Å². The maximum absolute atomic E-state index is 4.05. The van der Waals surface area contributed by atoms with Crippen LogP contribution in [0.15, 0.2) is 18.7 Å². The van der Waals surface area contributed by atoms with E-state index in [0.717, 1.165) is 19.6 Å². The zero-order chi connectivity index (χ0) is 11.4. The lowest BCUT2D eigenvalue weighted by Crippen LogP contribution is -2.57. The molecule has 0 bridgehead atoms. The number of hydrogen-bond acceptors (Lipinski definition) is 3. The van der Waals surface area contributed by atoms with Gasteiger partial charge in [0.25, 0.3) is 0 Å². The van der Waals surface area contributed by atoms with Gasteiger partial charge < -0.3 is 14.8 Å². The third-order valence-corrected chi connectivity index (χ3v) is 3.10. The molecule has 0 unspecified atom stereocenters. The number of nitrogens with one attached hydrogen (secondary N) is 1. The minimum Gasteiger partial charge on any atom is -0.337 e. The third-order valence-electron chi connectivity index (χ3n) is 3.10. The molecule has 0 amide bonds. The van der Waals surface area contributed by atoms with Crippen molar-refractivity contribution in [2.24, 2.45) is 0 Å². The molecule has 1 aromatic rings. The number of rotatable bonds is 4. The largest absolute Gasteiger partial charge is 0.337 e. The SMILES string of the molecule is CC1(C)CN(CCCn2ccnc2)CCN1. The van der Waals surface area contributed by atoms with Gasteiger partial charge >= 0.3 is 0 Å². The van der Waals surface area contributed by atoms with Gasteiger partial charge in [0, 0.05) is 44.1 Å². The van der Waals surface area contributed by atoms with E-state index in [1.807, 2.05) is 18.7 Å². The molecule has 1 aliphatic heterocycles. The monoisotopic (exact) mass is 222 g/mol. The van der Waals surface area contributed by atoms with Gasteiger partial charge in [0.05, 0.1) is 6.33 Å². The molecule has 0 radical (unpaired) electrons. The molecule has 1 N–H and O–H groups in total. The van der Waals surface area contributed by atoms with Crippen molar-refractivity contribution in [2.45, 2.75) is 32.4 Å². The van der Waals surface area contributed by atoms with Crippen LogP contribution in [0.1, 0.15) is 20.3 Å². The smallest absolute Gasteiger partial charge is 0.0945 e. The van der Waals surface area contributed by atoms with Crippen LogP contribution in [-0.4, -0.2) is 46.2 Å². The fraction of sp³-hybridized carbons (Fsp3) is 0.750. The summed E-state index contributed by atoms with van der Waals surface area (Å²) in [6, 6.07) is 0. The van der Waals surface area contributed by atoms with Crippen LogP contribution in [0.5, 0.6) is 0 Å². The second-order valence-electron chi connectivity index (χ2n) is 5.24. The molecular formula is C12H22N4. The summed E-state index contributed by atoms with van der Waals surface area (Å²) < 4.78 is 2.15. The van der Waals surface area contributed by atoms with Crippen LogP contribution < -0.4 is 5.32 Å². The molecule has 4 nitrogen and oxygen atoms in total. The van der Waals surface area contributed by atoms with Crippen molar-refractivity contribution in [3.05, 3.63) is 18.7 Å². The summed E-state index contributed by atoms with van der Waals surface area (Å²) >= 11 is 0. The average molecular weight is 222 g/mol. The Balaban J connectivity index is 1.70. The Labute approximate surface area is 97.7 Å². The maximum Gasteiger partial charge on any atom is 0.0945 e. The van der Waals surface area contributed by atoms with E-state index >= 15 is 0 Å². The molecule has 16 heavy (non-hydrogen) atoms. The van der Waals surface area contributed by atoms with Gasteiger partial charge in [0.1, 0.15) is 0 Å². The standard InChI is InChI=1S/C12H22N4/c1-12(2)10-15(9-5-14-12)6-3-7-16-8-4-13-11-16/h4,8,11,14H,3,5-7,9-10H2,1-2H3. The highest BCUT2D eigenvalue weighted by Crippen LogP contribution is 2.10. The van der Waals surface area contributed by atoms with Crippen molar-refractivity contribution >= 4 is 0 Å². The van der Waals surface area contributed by atoms with Crippen LogP contribution in [0.3, 0.4) is 0 Å². The van der Waals surface area contributed by atoms with Crippen LogP contribution in [0.25, 0.3) is 0 Å². The molecular weight excluding hydrogens is 200 g/mol. The lowest BCUT2D eigenvalue weighted by molar-refractivity contribution is 0.152. The molecule has 1 aromatic heterocycles. The molecule has 2 heterocycles. The molecule has 1 fully saturated rings. The van der Waals surface area contributed by atoms with E-state index in [0.29, 0.717) is 0 Å². The zero-order valence-corrected chi connectivity index (χ0v) is 10.3. The van der Waals surface area contributed by atoms with Crippen molar-refractivity contribution in [1.29, 1.82) is 0 Å². The van der Waals surface area contributed by atoms with Gasteiger partial charge in [0.2, 0.25) is 0 Å². The Kier molecular flexibility index (Phi) is 3.61. The highest BCUT2D eigenvalue weighted by Gasteiger charge is 2.24. The number of hydrogen-bond donors (Lipinski definition) is 1. The predicted molar refractivity (Wildman–Crippen MR) is 65.4 cm³/mol. The molecule has 0 atom stereocenters. The lowest BCUT2D eigenvalue weighted by atomic mass is 10.0. The Morgan fingerprint density at radius 1 is 1.38 bits per heavy atom. The summed E-state index contributed by atoms with van der Waals surface area (Å²) in [5, 5.41) is 3.54. The van der Waals surface area contributed by atoms with Crippen molar-refractivity contribution in [1.82, 2.24) is 19.8 Å². The summed E-state index contributed by atoms with van der Waals surface area (Å²) in [6.45, 7) is 10.2. The van der Waals surface area contributed by atoms with E-state index in [2.05, 4.69) is 33.6 Å². The van der Waals surface area contributed by atoms with Crippen molar-refractivity contribution in [2.75, 3.05) is 26.2 Å². The summed E-state index contributed by atoms with van der Waals surface area (Å²) in [7, 11) is 0. The van der Waals surface area contributed by atoms with Gasteiger partial charge in [-0.15, -0.1) is 0 Å². The normalized spacial score (nSPS) is 21.1. The predicted octanol–water partition coefficient (Wildman–Crippen LogP) is 0.957. The highest BCUT2D eigenvalue weighted by molar-refractivity contribution is 4.86. The third kappa shape index (κ3) is 3.32. The van der Waals surface area contributed by atoms with E-state index < -0.39 is 0 Å². The highest BCUT2D eigenvalue weighted by atomic mass is 15.2. The van der Waals surface area contributed by atoms with Gasteiger partial charge in [-0.05, 0) is 26.8 Å². The van der Waals surface area contributed by atoms with Gasteiger partial charge in [-0.1, -0.05) is 0 Å². The van der Waals surface area contributed by atoms with Crippen molar-refractivity contribution in [3.8, 4) is 0 Å². The Morgan fingerprint density at radius 2 is 2.25 bits per heavy atom. The van der Waals surface area contributed by atoms with Crippen LogP contribution in [0.4, 0.5) is 0 Å². The number of nitrogens with zero attached hydrogens (tertiary/aromatic N) is 3. The second-order valence-corrected chi connectivity index (χ2v) is 5.24. The lowest BCUT2D eigenvalue weighted by Gasteiger charge is -2.39. The number of piperazine rings is 1. The van der Waals surface area contributed by atoms with Gasteiger partial charge in [0.15, 0.2) is 0 Å². The number of aromatic nitrogens is 2. The van der Waals surface area contributed by atoms with Crippen LogP contribution in [0, 0.1) is 0 Å². The average Bonchev–Trinajstić information content (AvgIpc) is 2.69. The summed E-state index contributed by atoms with van der Waals surface area (Å²) in [4.78, 5) is 6.60. The first-order valence-electron chi connectivity index (χ1n) is 6.09. The first kappa shape index (κ1) is 11.6. The second kappa shape index (κ2) is 4.97. The van der Waals surface area contributed by atoms with E-state index in [1.54, 1.807) is 0 Å². The molecule has 1 aliphatic rings. The Hall–Kier alpha value is -0.870. The van der Waals surface area contributed by atoms with Gasteiger partial charge in [-0.3, -0.25) is 0 Å². The minimum absolute atomic E-state index is 0.271. The zero-order valence-electron chi connectivity index (χ0n) is 10.3. The molecule has 0 saturated carbocycles. The quantitative estimate of drug-likeness (QED) is 0.823. The van der Waals surface area contributed by atoms with E-state index in [9.17, 15) is 0 Å². The summed E-state index contributed by atoms with van der Waals surface area (Å²) in [6.07, 6.45) is 6.96. The number of aryl methyl sites for hydroxylation is 1. The topological polar surface area (TPSA) is 33.1 Å². The maximum atomic E-state index is 4.05. The molecule has 0 spiro atoms. The van der Waals surface area contributed by atoms with Crippen LogP contribution in [0.2, 0.25) is 0 Å². The molecule has 90 valence electrons. The van der Waals surface area contributed by atoms with Gasteiger partial charge in [-0.2, -0.15) is 0 Å². The molecule has 1 saturated heterocycles. The molecule has 0 aliphatic carbocycles. The first-order valence-corrected chi connectivity index (χ1v) is 6.09. The molecule has 2 rings (SSSR count). The summed E-state index contributed by atoms with van der Waals surface area (Å²) in [5.41, 5.74) is 0.271. The minimum atomic E-state index is 0.271. The summed E-state index contributed by atoms with van der Waals surface area (Å²) in [5.74, 6) is 0. The van der Waals surface area contributed by atoms with Crippen molar-refractivity contribution < 1.29 is 0 Å².